The fourth-order valence-electron chi connectivity index (χ4n) is 2.73. The van der Waals surface area contributed by atoms with Gasteiger partial charge in [0.25, 0.3) is 0 Å². The summed E-state index contributed by atoms with van der Waals surface area (Å²) >= 11 is 0. The van der Waals surface area contributed by atoms with Crippen molar-refractivity contribution in [3.05, 3.63) is 40.8 Å². The predicted octanol–water partition coefficient (Wildman–Crippen LogP) is 2.60. The van der Waals surface area contributed by atoms with Crippen LogP contribution in [0.25, 0.3) is 5.70 Å². The van der Waals surface area contributed by atoms with Gasteiger partial charge in [-0.1, -0.05) is 12.7 Å². The molecular formula is C15H21N3OS. The van der Waals surface area contributed by atoms with E-state index in [4.69, 9.17) is 0 Å². The molecule has 0 spiro atoms. The maximum Gasteiger partial charge on any atom is 0.128 e. The molecule has 0 bridgehead atoms. The molecule has 20 heavy (non-hydrogen) atoms. The first-order chi connectivity index (χ1) is 9.25. The molecule has 0 saturated carbocycles. The van der Waals surface area contributed by atoms with Crippen molar-refractivity contribution in [2.24, 2.45) is 7.05 Å². The zero-order valence-corrected chi connectivity index (χ0v) is 13.8. The SMILES string of the molecule is C=C1C(C)=CC(C)=C(c2nn(C)c(S(C)=O)c2C)N1C. The highest BCUT2D eigenvalue weighted by atomic mass is 32.2. The molecule has 5 heteroatoms. The summed E-state index contributed by atoms with van der Waals surface area (Å²) in [5, 5.41) is 5.34. The summed E-state index contributed by atoms with van der Waals surface area (Å²) in [5.74, 6) is 0. The topological polar surface area (TPSA) is 38.1 Å². The Kier molecular flexibility index (Phi) is 3.73. The van der Waals surface area contributed by atoms with Gasteiger partial charge in [0.15, 0.2) is 0 Å². The average Bonchev–Trinajstić information content (AvgIpc) is 2.62. The summed E-state index contributed by atoms with van der Waals surface area (Å²) in [6.07, 6.45) is 3.80. The van der Waals surface area contributed by atoms with Crippen LogP contribution in [-0.2, 0) is 17.8 Å². The summed E-state index contributed by atoms with van der Waals surface area (Å²) in [6, 6.07) is 0. The van der Waals surface area contributed by atoms with Gasteiger partial charge in [-0.05, 0) is 31.9 Å². The first-order valence-corrected chi connectivity index (χ1v) is 8.01. The van der Waals surface area contributed by atoms with E-state index in [9.17, 15) is 4.21 Å². The second kappa shape index (κ2) is 5.05. The molecule has 1 aliphatic heterocycles. The third-order valence-electron chi connectivity index (χ3n) is 3.72. The summed E-state index contributed by atoms with van der Waals surface area (Å²) in [4.78, 5) is 2.06. The van der Waals surface area contributed by atoms with Crippen LogP contribution in [-0.4, -0.2) is 32.2 Å². The highest BCUT2D eigenvalue weighted by molar-refractivity contribution is 7.84. The molecule has 0 amide bonds. The van der Waals surface area contributed by atoms with Crippen molar-refractivity contribution in [1.29, 1.82) is 0 Å². The lowest BCUT2D eigenvalue weighted by molar-refractivity contribution is 0.590. The summed E-state index contributed by atoms with van der Waals surface area (Å²) in [7, 11) is 2.78. The van der Waals surface area contributed by atoms with Crippen LogP contribution in [0.5, 0.6) is 0 Å². The van der Waals surface area contributed by atoms with E-state index in [2.05, 4.69) is 36.5 Å². The highest BCUT2D eigenvalue weighted by Crippen LogP contribution is 2.34. The average molecular weight is 291 g/mol. The van der Waals surface area contributed by atoms with Gasteiger partial charge in [-0.2, -0.15) is 5.10 Å². The maximum atomic E-state index is 11.9. The van der Waals surface area contributed by atoms with E-state index in [1.54, 1.807) is 10.9 Å². The van der Waals surface area contributed by atoms with E-state index >= 15 is 0 Å². The fraction of sp³-hybridized carbons (Fsp3) is 0.400. The van der Waals surface area contributed by atoms with Crippen LogP contribution in [0.1, 0.15) is 25.1 Å². The largest absolute Gasteiger partial charge is 0.343 e. The Morgan fingerprint density at radius 1 is 1.25 bits per heavy atom. The van der Waals surface area contributed by atoms with Crippen LogP contribution in [0.4, 0.5) is 0 Å². The Bertz CT molecular complexity index is 680. The van der Waals surface area contributed by atoms with E-state index in [0.717, 1.165) is 38.8 Å². The van der Waals surface area contributed by atoms with Crippen LogP contribution in [0.3, 0.4) is 0 Å². The van der Waals surface area contributed by atoms with E-state index < -0.39 is 10.8 Å². The Labute approximate surface area is 122 Å². The molecular weight excluding hydrogens is 270 g/mol. The van der Waals surface area contributed by atoms with E-state index in [-0.39, 0.29) is 0 Å². The fourth-order valence-corrected chi connectivity index (χ4v) is 3.67. The summed E-state index contributed by atoms with van der Waals surface area (Å²) in [5.41, 5.74) is 6.15. The second-order valence-corrected chi connectivity index (χ2v) is 6.52. The quantitative estimate of drug-likeness (QED) is 0.840. The first-order valence-electron chi connectivity index (χ1n) is 6.45. The van der Waals surface area contributed by atoms with Crippen molar-refractivity contribution in [1.82, 2.24) is 14.7 Å². The molecule has 4 nitrogen and oxygen atoms in total. The standard InChI is InChI=1S/C15H21N3OS/c1-9-8-10(2)14(17(5)12(9)4)13-11(3)15(20(7)19)18(6)16-13/h8H,4H2,1-3,5-7H3. The maximum absolute atomic E-state index is 11.9. The lowest BCUT2D eigenvalue weighted by Crippen LogP contribution is -2.21. The normalized spacial score (nSPS) is 17.6. The molecule has 1 aromatic heterocycles. The van der Waals surface area contributed by atoms with Crippen LogP contribution in [0, 0.1) is 6.92 Å². The van der Waals surface area contributed by atoms with Crippen LogP contribution in [0.15, 0.2) is 34.5 Å². The van der Waals surface area contributed by atoms with Gasteiger partial charge in [-0.15, -0.1) is 0 Å². The molecule has 0 saturated heterocycles. The van der Waals surface area contributed by atoms with Crippen LogP contribution >= 0.6 is 0 Å². The van der Waals surface area contributed by atoms with Crippen molar-refractivity contribution in [2.45, 2.75) is 25.8 Å². The molecule has 2 heterocycles. The first kappa shape index (κ1) is 14.8. The van der Waals surface area contributed by atoms with Gasteiger partial charge in [0.05, 0.1) is 16.5 Å². The summed E-state index contributed by atoms with van der Waals surface area (Å²) < 4.78 is 13.6. The lowest BCUT2D eigenvalue weighted by atomic mass is 10.00. The molecule has 0 radical (unpaired) electrons. The highest BCUT2D eigenvalue weighted by Gasteiger charge is 2.25. The number of likely N-dealkylation sites (N-methyl/N-ethyl adjacent to an activating group) is 1. The Morgan fingerprint density at radius 2 is 1.85 bits per heavy atom. The molecule has 1 unspecified atom stereocenters. The van der Waals surface area contributed by atoms with Crippen LogP contribution in [0.2, 0.25) is 0 Å². The molecule has 0 aliphatic carbocycles. The van der Waals surface area contributed by atoms with Gasteiger partial charge in [0, 0.05) is 31.6 Å². The molecule has 1 aromatic rings. The van der Waals surface area contributed by atoms with E-state index in [1.165, 1.54) is 0 Å². The minimum atomic E-state index is -1.05. The van der Waals surface area contributed by atoms with Crippen molar-refractivity contribution in [2.75, 3.05) is 13.3 Å². The van der Waals surface area contributed by atoms with Gasteiger partial charge in [-0.25, -0.2) is 0 Å². The molecule has 1 atom stereocenters. The minimum absolute atomic E-state index is 0.769. The van der Waals surface area contributed by atoms with Crippen molar-refractivity contribution >= 4 is 16.5 Å². The van der Waals surface area contributed by atoms with Crippen molar-refractivity contribution < 1.29 is 4.21 Å². The van der Waals surface area contributed by atoms with Gasteiger partial charge < -0.3 is 4.90 Å². The van der Waals surface area contributed by atoms with Crippen molar-refractivity contribution in [3.63, 3.8) is 0 Å². The molecule has 0 N–H and O–H groups in total. The zero-order valence-electron chi connectivity index (χ0n) is 12.9. The Balaban J connectivity index is 2.68. The van der Waals surface area contributed by atoms with E-state index in [1.807, 2.05) is 21.0 Å². The monoisotopic (exact) mass is 291 g/mol. The Hall–Kier alpha value is -1.62. The zero-order chi connectivity index (χ0) is 15.2. The third-order valence-corrected chi connectivity index (χ3v) is 4.83. The van der Waals surface area contributed by atoms with Crippen molar-refractivity contribution in [3.8, 4) is 0 Å². The molecule has 108 valence electrons. The number of aromatic nitrogens is 2. The smallest absolute Gasteiger partial charge is 0.128 e. The number of nitrogens with zero attached hydrogens (tertiary/aromatic N) is 3. The van der Waals surface area contributed by atoms with Gasteiger partial charge in [0.2, 0.25) is 0 Å². The number of aryl methyl sites for hydroxylation is 1. The van der Waals surface area contributed by atoms with Gasteiger partial charge in [-0.3, -0.25) is 8.89 Å². The number of hydrogen-bond acceptors (Lipinski definition) is 3. The molecule has 2 rings (SSSR count). The molecule has 0 fully saturated rings. The summed E-state index contributed by atoms with van der Waals surface area (Å²) in [6.45, 7) is 10.2. The van der Waals surface area contributed by atoms with Crippen LogP contribution < -0.4 is 0 Å². The Morgan fingerprint density at radius 3 is 2.35 bits per heavy atom. The second-order valence-electron chi connectivity index (χ2n) is 5.22. The number of rotatable bonds is 2. The van der Waals surface area contributed by atoms with Gasteiger partial charge >= 0.3 is 0 Å². The molecule has 1 aliphatic rings. The lowest BCUT2D eigenvalue weighted by Gasteiger charge is -2.30. The third kappa shape index (κ3) is 2.16. The predicted molar refractivity (Wildman–Crippen MR) is 83.5 cm³/mol. The van der Waals surface area contributed by atoms with Gasteiger partial charge in [0.1, 0.15) is 10.7 Å². The molecule has 0 aromatic carbocycles. The minimum Gasteiger partial charge on any atom is -0.343 e. The number of allylic oxidation sites excluding steroid dienone is 3. The number of hydrogen-bond donors (Lipinski definition) is 0. The van der Waals surface area contributed by atoms with E-state index in [0.29, 0.717) is 0 Å².